The van der Waals surface area contributed by atoms with Crippen LogP contribution >= 0.6 is 15.9 Å². The van der Waals surface area contributed by atoms with Crippen LogP contribution in [0.15, 0.2) is 39.7 Å². The van der Waals surface area contributed by atoms with Crippen LogP contribution in [0.2, 0.25) is 0 Å². The molecule has 0 aliphatic carbocycles. The maximum absolute atomic E-state index is 13.2. The summed E-state index contributed by atoms with van der Waals surface area (Å²) in [7, 11) is 0. The summed E-state index contributed by atoms with van der Waals surface area (Å²) >= 11 is 3.38. The molecule has 4 rings (SSSR count). The Morgan fingerprint density at radius 3 is 3.00 bits per heavy atom. The summed E-state index contributed by atoms with van der Waals surface area (Å²) in [6.07, 6.45) is 1.92. The van der Waals surface area contributed by atoms with Gasteiger partial charge in [-0.3, -0.25) is 9.36 Å². The normalized spacial score (nSPS) is 17.2. The minimum absolute atomic E-state index is 0.0570. The molecule has 1 fully saturated rings. The van der Waals surface area contributed by atoms with Gasteiger partial charge in [0, 0.05) is 19.1 Å². The highest BCUT2D eigenvalue weighted by molar-refractivity contribution is 9.10. The summed E-state index contributed by atoms with van der Waals surface area (Å²) < 4.78 is 2.36. The number of nitrogens with zero attached hydrogens (tertiary/aromatic N) is 4. The maximum Gasteiger partial charge on any atom is 0.264 e. The number of nitrogens with two attached hydrogens (primary N) is 1. The number of hydrogen-bond donors (Lipinski definition) is 2. The van der Waals surface area contributed by atoms with E-state index >= 15 is 0 Å². The monoisotopic (exact) mass is 426 g/mol. The average molecular weight is 427 g/mol. The SMILES string of the molecule is N#Cc1ccccc1Cn1c(N2CCC[C@@H](N)C2)nc2[nH]c(Br)cc2c1=O. The van der Waals surface area contributed by atoms with E-state index in [2.05, 4.69) is 31.9 Å². The van der Waals surface area contributed by atoms with Crippen LogP contribution in [-0.4, -0.2) is 33.7 Å². The highest BCUT2D eigenvalue weighted by Crippen LogP contribution is 2.22. The zero-order chi connectivity index (χ0) is 19.0. The standard InChI is InChI=1S/C19H19BrN6O/c20-16-8-15-17(23-16)24-19(25-7-3-6-14(22)11-25)26(18(15)27)10-13-5-2-1-4-12(13)9-21/h1-2,4-5,8,14,23H,3,6-7,10-11,22H2/t14-/m1/s1. The molecule has 8 heteroatoms. The van der Waals surface area contributed by atoms with Crippen molar-refractivity contribution >= 4 is 32.9 Å². The van der Waals surface area contributed by atoms with Crippen LogP contribution in [0.1, 0.15) is 24.0 Å². The molecule has 0 bridgehead atoms. The number of H-pyrrole nitrogens is 1. The van der Waals surface area contributed by atoms with E-state index in [4.69, 9.17) is 10.7 Å². The zero-order valence-corrected chi connectivity index (χ0v) is 16.2. The predicted octanol–water partition coefficient (Wildman–Crippen LogP) is 2.33. The van der Waals surface area contributed by atoms with Crippen molar-refractivity contribution in [3.8, 4) is 6.07 Å². The summed E-state index contributed by atoms with van der Waals surface area (Å²) in [5, 5.41) is 9.92. The van der Waals surface area contributed by atoms with Crippen LogP contribution in [0, 0.1) is 11.3 Å². The van der Waals surface area contributed by atoms with Gasteiger partial charge in [0.1, 0.15) is 5.65 Å². The van der Waals surface area contributed by atoms with Crippen molar-refractivity contribution in [2.45, 2.75) is 25.4 Å². The molecule has 1 saturated heterocycles. The number of fused-ring (bicyclic) bond motifs is 1. The minimum Gasteiger partial charge on any atom is -0.341 e. The topological polar surface area (TPSA) is 104 Å². The Morgan fingerprint density at radius 1 is 1.41 bits per heavy atom. The number of anilines is 1. The Bertz CT molecular complexity index is 1100. The summed E-state index contributed by atoms with van der Waals surface area (Å²) in [6, 6.07) is 11.3. The molecule has 1 aromatic carbocycles. The molecule has 1 aliphatic heterocycles. The molecule has 0 saturated carbocycles. The third kappa shape index (κ3) is 3.36. The second-order valence-corrected chi connectivity index (χ2v) is 7.65. The molecule has 3 heterocycles. The van der Waals surface area contributed by atoms with Crippen molar-refractivity contribution in [2.24, 2.45) is 5.73 Å². The highest BCUT2D eigenvalue weighted by atomic mass is 79.9. The van der Waals surface area contributed by atoms with Gasteiger partial charge in [0.2, 0.25) is 5.95 Å². The zero-order valence-electron chi connectivity index (χ0n) is 14.7. The van der Waals surface area contributed by atoms with E-state index in [1.165, 1.54) is 0 Å². The quantitative estimate of drug-likeness (QED) is 0.668. The second kappa shape index (κ2) is 7.18. The largest absolute Gasteiger partial charge is 0.341 e. The molecule has 1 atom stereocenters. The number of nitrogens with one attached hydrogen (secondary N) is 1. The summed E-state index contributed by atoms with van der Waals surface area (Å²) in [5.74, 6) is 0.588. The third-order valence-electron chi connectivity index (χ3n) is 4.90. The van der Waals surface area contributed by atoms with Crippen molar-refractivity contribution in [3.05, 3.63) is 56.4 Å². The van der Waals surface area contributed by atoms with E-state index in [1.807, 2.05) is 18.2 Å². The number of halogens is 1. The molecule has 0 unspecified atom stereocenters. The lowest BCUT2D eigenvalue weighted by Crippen LogP contribution is -2.45. The van der Waals surface area contributed by atoms with Gasteiger partial charge in [0.15, 0.2) is 0 Å². The fraction of sp³-hybridized carbons (Fsp3) is 0.316. The predicted molar refractivity (Wildman–Crippen MR) is 108 cm³/mol. The first-order chi connectivity index (χ1) is 13.1. The fourth-order valence-corrected chi connectivity index (χ4v) is 3.99. The van der Waals surface area contributed by atoms with Crippen molar-refractivity contribution in [3.63, 3.8) is 0 Å². The van der Waals surface area contributed by atoms with Gasteiger partial charge in [-0.15, -0.1) is 0 Å². The first-order valence-corrected chi connectivity index (χ1v) is 9.63. The molecule has 3 N–H and O–H groups in total. The Kier molecular flexibility index (Phi) is 4.72. The highest BCUT2D eigenvalue weighted by Gasteiger charge is 2.23. The Morgan fingerprint density at radius 2 is 2.22 bits per heavy atom. The lowest BCUT2D eigenvalue weighted by molar-refractivity contribution is 0.491. The van der Waals surface area contributed by atoms with Crippen LogP contribution in [0.4, 0.5) is 5.95 Å². The van der Waals surface area contributed by atoms with Crippen molar-refractivity contribution in [2.75, 3.05) is 18.0 Å². The summed E-state index contributed by atoms with van der Waals surface area (Å²) in [6.45, 7) is 1.74. The molecular formula is C19H19BrN6O. The molecule has 3 aromatic rings. The molecule has 138 valence electrons. The van der Waals surface area contributed by atoms with Crippen LogP contribution in [0.3, 0.4) is 0 Å². The molecule has 7 nitrogen and oxygen atoms in total. The molecule has 0 radical (unpaired) electrons. The first-order valence-electron chi connectivity index (χ1n) is 8.84. The number of aromatic nitrogens is 3. The first kappa shape index (κ1) is 17.8. The molecule has 0 spiro atoms. The summed E-state index contributed by atoms with van der Waals surface area (Å²) in [5.41, 5.74) is 7.91. The van der Waals surface area contributed by atoms with E-state index in [0.717, 1.165) is 24.9 Å². The second-order valence-electron chi connectivity index (χ2n) is 6.80. The number of aromatic amines is 1. The third-order valence-corrected chi connectivity index (χ3v) is 5.33. The van der Waals surface area contributed by atoms with Gasteiger partial charge in [-0.05, 0) is 46.5 Å². The number of nitriles is 1. The smallest absolute Gasteiger partial charge is 0.264 e. The van der Waals surface area contributed by atoms with E-state index in [-0.39, 0.29) is 18.1 Å². The lowest BCUT2D eigenvalue weighted by Gasteiger charge is -2.33. The van der Waals surface area contributed by atoms with E-state index in [9.17, 15) is 10.1 Å². The Hall–Kier alpha value is -2.63. The number of benzene rings is 1. The number of hydrogen-bond acceptors (Lipinski definition) is 5. The van der Waals surface area contributed by atoms with E-state index in [1.54, 1.807) is 16.7 Å². The van der Waals surface area contributed by atoms with E-state index < -0.39 is 0 Å². The van der Waals surface area contributed by atoms with Crippen molar-refractivity contribution in [1.29, 1.82) is 5.26 Å². The van der Waals surface area contributed by atoms with Crippen LogP contribution in [0.25, 0.3) is 11.0 Å². The van der Waals surface area contributed by atoms with Gasteiger partial charge in [0.25, 0.3) is 5.56 Å². The average Bonchev–Trinajstić information content (AvgIpc) is 3.05. The molecule has 1 aliphatic rings. The van der Waals surface area contributed by atoms with Crippen LogP contribution in [-0.2, 0) is 6.54 Å². The van der Waals surface area contributed by atoms with E-state index in [0.29, 0.717) is 33.7 Å². The van der Waals surface area contributed by atoms with Gasteiger partial charge < -0.3 is 15.6 Å². The van der Waals surface area contributed by atoms with Gasteiger partial charge in [0.05, 0.1) is 28.2 Å². The van der Waals surface area contributed by atoms with Gasteiger partial charge >= 0.3 is 0 Å². The minimum atomic E-state index is -0.135. The Labute approximate surface area is 164 Å². The van der Waals surface area contributed by atoms with Gasteiger partial charge in [-0.1, -0.05) is 18.2 Å². The van der Waals surface area contributed by atoms with Crippen molar-refractivity contribution < 1.29 is 0 Å². The molecule has 27 heavy (non-hydrogen) atoms. The summed E-state index contributed by atoms with van der Waals surface area (Å²) in [4.78, 5) is 23.1. The lowest BCUT2D eigenvalue weighted by atomic mass is 10.1. The number of piperidine rings is 1. The van der Waals surface area contributed by atoms with Gasteiger partial charge in [-0.25, -0.2) is 0 Å². The number of rotatable bonds is 3. The molecule has 0 amide bonds. The maximum atomic E-state index is 13.2. The molecular weight excluding hydrogens is 408 g/mol. The van der Waals surface area contributed by atoms with Crippen LogP contribution < -0.4 is 16.2 Å². The fourth-order valence-electron chi connectivity index (χ4n) is 3.57. The molecule has 2 aromatic heterocycles. The Balaban J connectivity index is 1.88. The van der Waals surface area contributed by atoms with Gasteiger partial charge in [-0.2, -0.15) is 10.2 Å². The van der Waals surface area contributed by atoms with Crippen LogP contribution in [0.5, 0.6) is 0 Å². The van der Waals surface area contributed by atoms with Crippen molar-refractivity contribution in [1.82, 2.24) is 14.5 Å².